The lowest BCUT2D eigenvalue weighted by molar-refractivity contribution is 0.0695. The summed E-state index contributed by atoms with van der Waals surface area (Å²) in [6, 6.07) is 3.77. The van der Waals surface area contributed by atoms with Gasteiger partial charge in [0.25, 0.3) is 0 Å². The average molecular weight is 290 g/mol. The summed E-state index contributed by atoms with van der Waals surface area (Å²) in [5.41, 5.74) is 3.83. The second-order valence-corrected chi connectivity index (χ2v) is 6.12. The van der Waals surface area contributed by atoms with Crippen LogP contribution >= 0.6 is 11.3 Å². The van der Waals surface area contributed by atoms with Gasteiger partial charge in [0.2, 0.25) is 0 Å². The normalized spacial score (nSPS) is 10.6. The third-order valence-corrected chi connectivity index (χ3v) is 4.40. The van der Waals surface area contributed by atoms with Gasteiger partial charge >= 0.3 is 5.97 Å². The van der Waals surface area contributed by atoms with Crippen LogP contribution in [0.4, 0.5) is 5.69 Å². The standard InChI is InChI=1S/C15H18N2O2S/c1-8-5-6-12(9(2)14(8)15(18)19)16-7-13-10(3)17-11(4)20-13/h5-6,16H,7H2,1-4H3,(H,18,19). The molecule has 0 fully saturated rings. The Morgan fingerprint density at radius 1 is 1.30 bits per heavy atom. The first-order valence-electron chi connectivity index (χ1n) is 6.40. The van der Waals surface area contributed by atoms with Crippen LogP contribution in [0.3, 0.4) is 0 Å². The number of hydrogen-bond donors (Lipinski definition) is 2. The van der Waals surface area contributed by atoms with Crippen LogP contribution in [0, 0.1) is 27.7 Å². The maximum atomic E-state index is 11.3. The molecule has 20 heavy (non-hydrogen) atoms. The first-order chi connectivity index (χ1) is 9.40. The van der Waals surface area contributed by atoms with Crippen LogP contribution in [0.25, 0.3) is 0 Å². The van der Waals surface area contributed by atoms with E-state index in [1.165, 1.54) is 4.88 Å². The minimum atomic E-state index is -0.881. The zero-order chi connectivity index (χ0) is 14.9. The monoisotopic (exact) mass is 290 g/mol. The van der Waals surface area contributed by atoms with E-state index in [0.717, 1.165) is 27.5 Å². The van der Waals surface area contributed by atoms with Crippen molar-refractivity contribution < 1.29 is 9.90 Å². The molecule has 1 heterocycles. The van der Waals surface area contributed by atoms with Crippen molar-refractivity contribution in [1.82, 2.24) is 4.98 Å². The number of thiazole rings is 1. The summed E-state index contributed by atoms with van der Waals surface area (Å²) in [5.74, 6) is -0.881. The molecule has 0 saturated carbocycles. The van der Waals surface area contributed by atoms with Gasteiger partial charge < -0.3 is 10.4 Å². The number of aromatic nitrogens is 1. The Morgan fingerprint density at radius 3 is 2.55 bits per heavy atom. The Morgan fingerprint density at radius 2 is 2.00 bits per heavy atom. The van der Waals surface area contributed by atoms with Gasteiger partial charge in [-0.05, 0) is 44.9 Å². The van der Waals surface area contributed by atoms with Crippen molar-refractivity contribution in [2.75, 3.05) is 5.32 Å². The summed E-state index contributed by atoms with van der Waals surface area (Å²) in [6.07, 6.45) is 0. The molecule has 5 heteroatoms. The largest absolute Gasteiger partial charge is 0.478 e. The number of carbonyl (C=O) groups is 1. The number of benzene rings is 1. The molecule has 0 amide bonds. The Bertz CT molecular complexity index is 662. The van der Waals surface area contributed by atoms with Gasteiger partial charge in [0.05, 0.1) is 22.8 Å². The van der Waals surface area contributed by atoms with Crippen molar-refractivity contribution in [3.8, 4) is 0 Å². The van der Waals surface area contributed by atoms with Crippen molar-refractivity contribution >= 4 is 23.0 Å². The van der Waals surface area contributed by atoms with E-state index in [0.29, 0.717) is 12.1 Å². The minimum absolute atomic E-state index is 0.382. The summed E-state index contributed by atoms with van der Waals surface area (Å²) in [5, 5.41) is 13.6. The molecule has 0 aliphatic rings. The van der Waals surface area contributed by atoms with Crippen LogP contribution < -0.4 is 5.32 Å². The van der Waals surface area contributed by atoms with Gasteiger partial charge in [0.15, 0.2) is 0 Å². The molecular formula is C15H18N2O2S. The van der Waals surface area contributed by atoms with E-state index < -0.39 is 5.97 Å². The number of carboxylic acid groups (broad SMARTS) is 1. The van der Waals surface area contributed by atoms with Crippen LogP contribution in [-0.2, 0) is 6.54 Å². The van der Waals surface area contributed by atoms with E-state index in [-0.39, 0.29) is 0 Å². The fourth-order valence-corrected chi connectivity index (χ4v) is 3.16. The maximum absolute atomic E-state index is 11.3. The van der Waals surface area contributed by atoms with Gasteiger partial charge in [-0.3, -0.25) is 0 Å². The fourth-order valence-electron chi connectivity index (χ4n) is 2.28. The van der Waals surface area contributed by atoms with E-state index in [4.69, 9.17) is 0 Å². The molecule has 1 aromatic carbocycles. The van der Waals surface area contributed by atoms with Crippen molar-refractivity contribution in [3.63, 3.8) is 0 Å². The minimum Gasteiger partial charge on any atom is -0.478 e. The van der Waals surface area contributed by atoms with Crippen LogP contribution in [0.1, 0.15) is 37.1 Å². The highest BCUT2D eigenvalue weighted by Crippen LogP contribution is 2.24. The summed E-state index contributed by atoms with van der Waals surface area (Å²) >= 11 is 1.66. The molecule has 106 valence electrons. The smallest absolute Gasteiger partial charge is 0.336 e. The number of anilines is 1. The molecule has 0 spiro atoms. The topological polar surface area (TPSA) is 62.2 Å². The van der Waals surface area contributed by atoms with E-state index in [1.54, 1.807) is 11.3 Å². The first kappa shape index (κ1) is 14.5. The fraction of sp³-hybridized carbons (Fsp3) is 0.333. The molecule has 1 aromatic heterocycles. The molecule has 2 aromatic rings. The molecular weight excluding hydrogens is 272 g/mol. The second-order valence-electron chi connectivity index (χ2n) is 4.83. The van der Waals surface area contributed by atoms with E-state index in [2.05, 4.69) is 10.3 Å². The van der Waals surface area contributed by atoms with Crippen molar-refractivity contribution in [2.24, 2.45) is 0 Å². The summed E-state index contributed by atoms with van der Waals surface area (Å²) in [7, 11) is 0. The van der Waals surface area contributed by atoms with Crippen molar-refractivity contribution in [1.29, 1.82) is 0 Å². The number of aryl methyl sites for hydroxylation is 3. The molecule has 0 bridgehead atoms. The highest BCUT2D eigenvalue weighted by molar-refractivity contribution is 7.11. The highest BCUT2D eigenvalue weighted by Gasteiger charge is 2.14. The zero-order valence-corrected chi connectivity index (χ0v) is 12.9. The third kappa shape index (κ3) is 2.82. The predicted octanol–water partition coefficient (Wildman–Crippen LogP) is 3.69. The molecule has 0 unspecified atom stereocenters. The van der Waals surface area contributed by atoms with Gasteiger partial charge in [-0.1, -0.05) is 6.07 Å². The van der Waals surface area contributed by atoms with Gasteiger partial charge in [0.1, 0.15) is 0 Å². The molecule has 4 nitrogen and oxygen atoms in total. The van der Waals surface area contributed by atoms with Crippen LogP contribution in [0.15, 0.2) is 12.1 Å². The predicted molar refractivity (Wildman–Crippen MR) is 81.8 cm³/mol. The van der Waals surface area contributed by atoms with E-state index >= 15 is 0 Å². The zero-order valence-electron chi connectivity index (χ0n) is 12.1. The molecule has 2 rings (SSSR count). The number of rotatable bonds is 4. The molecule has 0 atom stereocenters. The summed E-state index contributed by atoms with van der Waals surface area (Å²) in [6.45, 7) is 8.30. The SMILES string of the molecule is Cc1nc(C)c(CNc2ccc(C)c(C(=O)O)c2C)s1. The van der Waals surface area contributed by atoms with Gasteiger partial charge in [-0.2, -0.15) is 0 Å². The molecule has 0 radical (unpaired) electrons. The molecule has 2 N–H and O–H groups in total. The number of nitrogens with one attached hydrogen (secondary N) is 1. The van der Waals surface area contributed by atoms with Crippen molar-refractivity contribution in [3.05, 3.63) is 44.4 Å². The van der Waals surface area contributed by atoms with Crippen molar-refractivity contribution in [2.45, 2.75) is 34.2 Å². The lowest BCUT2D eigenvalue weighted by atomic mass is 10.0. The molecule has 0 aliphatic carbocycles. The highest BCUT2D eigenvalue weighted by atomic mass is 32.1. The number of hydrogen-bond acceptors (Lipinski definition) is 4. The summed E-state index contributed by atoms with van der Waals surface area (Å²) in [4.78, 5) is 16.9. The van der Waals surface area contributed by atoms with E-state index in [1.807, 2.05) is 39.8 Å². The first-order valence-corrected chi connectivity index (χ1v) is 7.22. The molecule has 0 aliphatic heterocycles. The van der Waals surface area contributed by atoms with Crippen LogP contribution in [0.2, 0.25) is 0 Å². The average Bonchev–Trinajstić information content (AvgIpc) is 2.66. The Hall–Kier alpha value is -1.88. The van der Waals surface area contributed by atoms with Crippen LogP contribution in [0.5, 0.6) is 0 Å². The maximum Gasteiger partial charge on any atom is 0.336 e. The number of nitrogens with zero attached hydrogens (tertiary/aromatic N) is 1. The summed E-state index contributed by atoms with van der Waals surface area (Å²) < 4.78 is 0. The third-order valence-electron chi connectivity index (χ3n) is 3.33. The Kier molecular flexibility index (Phi) is 4.09. The quantitative estimate of drug-likeness (QED) is 0.901. The number of carboxylic acids is 1. The van der Waals surface area contributed by atoms with E-state index in [9.17, 15) is 9.90 Å². The molecule has 0 saturated heterocycles. The van der Waals surface area contributed by atoms with Gasteiger partial charge in [0, 0.05) is 10.6 Å². The Balaban J connectivity index is 2.24. The second kappa shape index (κ2) is 5.63. The lowest BCUT2D eigenvalue weighted by Gasteiger charge is -2.13. The Labute approximate surface area is 122 Å². The van der Waals surface area contributed by atoms with Gasteiger partial charge in [-0.25, -0.2) is 9.78 Å². The van der Waals surface area contributed by atoms with Gasteiger partial charge in [-0.15, -0.1) is 11.3 Å². The van der Waals surface area contributed by atoms with Crippen LogP contribution in [-0.4, -0.2) is 16.1 Å². The lowest BCUT2D eigenvalue weighted by Crippen LogP contribution is -2.07. The number of aromatic carboxylic acids is 1.